The van der Waals surface area contributed by atoms with Crippen LogP contribution in [0.25, 0.3) is 0 Å². The molecule has 0 saturated carbocycles. The van der Waals surface area contributed by atoms with Gasteiger partial charge in [-0.1, -0.05) is 0 Å². The maximum absolute atomic E-state index is 13.5. The summed E-state index contributed by atoms with van der Waals surface area (Å²) in [5.74, 6) is -0.401. The highest BCUT2D eigenvalue weighted by molar-refractivity contribution is 7.98. The number of rotatable bonds is 7. The smallest absolute Gasteiger partial charge is 0.248 e. The first kappa shape index (κ1) is 15.9. The van der Waals surface area contributed by atoms with E-state index in [0.29, 0.717) is 17.9 Å². The van der Waals surface area contributed by atoms with Gasteiger partial charge in [0, 0.05) is 30.0 Å². The molecule has 0 aliphatic heterocycles. The van der Waals surface area contributed by atoms with E-state index in [1.54, 1.807) is 6.92 Å². The summed E-state index contributed by atoms with van der Waals surface area (Å²) >= 11 is 1.54. The van der Waals surface area contributed by atoms with Crippen molar-refractivity contribution in [3.63, 3.8) is 0 Å². The standard InChI is InChI=1S/C13H19FN2O2S/c1-13(18,8-19-2)7-16-6-10-5-9(12(15)17)3-4-11(10)14/h3-5,16,18H,6-8H2,1-2H3,(H2,15,17). The fraction of sp³-hybridized carbons (Fsp3) is 0.462. The van der Waals surface area contributed by atoms with Gasteiger partial charge in [0.15, 0.2) is 0 Å². The molecule has 0 fully saturated rings. The van der Waals surface area contributed by atoms with Gasteiger partial charge in [-0.05, 0) is 31.4 Å². The lowest BCUT2D eigenvalue weighted by molar-refractivity contribution is 0.0844. The monoisotopic (exact) mass is 286 g/mol. The van der Waals surface area contributed by atoms with Crippen molar-refractivity contribution in [1.82, 2.24) is 5.32 Å². The maximum Gasteiger partial charge on any atom is 0.248 e. The van der Waals surface area contributed by atoms with Crippen molar-refractivity contribution in [2.45, 2.75) is 19.1 Å². The molecule has 1 unspecified atom stereocenters. The molecule has 0 aliphatic carbocycles. The van der Waals surface area contributed by atoms with E-state index in [1.807, 2.05) is 6.26 Å². The molecule has 0 spiro atoms. The fourth-order valence-electron chi connectivity index (χ4n) is 1.69. The number of nitrogens with one attached hydrogen (secondary N) is 1. The predicted octanol–water partition coefficient (Wildman–Crippen LogP) is 1.13. The third-order valence-corrected chi connectivity index (χ3v) is 3.52. The lowest BCUT2D eigenvalue weighted by Crippen LogP contribution is -2.39. The first-order chi connectivity index (χ1) is 8.85. The van der Waals surface area contributed by atoms with Crippen LogP contribution in [0.1, 0.15) is 22.8 Å². The van der Waals surface area contributed by atoms with Crippen LogP contribution in [0.15, 0.2) is 18.2 Å². The number of thioether (sulfide) groups is 1. The Labute approximate surface area is 116 Å². The summed E-state index contributed by atoms with van der Waals surface area (Å²) in [7, 11) is 0. The van der Waals surface area contributed by atoms with Crippen LogP contribution in [0.3, 0.4) is 0 Å². The van der Waals surface area contributed by atoms with E-state index >= 15 is 0 Å². The van der Waals surface area contributed by atoms with Crippen LogP contribution in [0.5, 0.6) is 0 Å². The number of aliphatic hydroxyl groups is 1. The molecule has 0 radical (unpaired) electrons. The molecule has 1 rings (SSSR count). The van der Waals surface area contributed by atoms with Crippen LogP contribution in [0.4, 0.5) is 4.39 Å². The molecular weight excluding hydrogens is 267 g/mol. The second-order valence-corrected chi connectivity index (χ2v) is 5.57. The summed E-state index contributed by atoms with van der Waals surface area (Å²) in [6.45, 7) is 2.29. The number of primary amides is 1. The Kier molecular flexibility index (Phi) is 5.78. The summed E-state index contributed by atoms with van der Waals surface area (Å²) < 4.78 is 13.5. The first-order valence-electron chi connectivity index (χ1n) is 5.86. The molecule has 0 bridgehead atoms. The molecule has 0 saturated heterocycles. The second kappa shape index (κ2) is 6.88. The molecule has 1 aromatic rings. The summed E-state index contributed by atoms with van der Waals surface area (Å²) in [5, 5.41) is 12.9. The third kappa shape index (κ3) is 5.18. The van der Waals surface area contributed by atoms with Gasteiger partial charge >= 0.3 is 0 Å². The van der Waals surface area contributed by atoms with Gasteiger partial charge < -0.3 is 16.2 Å². The van der Waals surface area contributed by atoms with Crippen molar-refractivity contribution in [1.29, 1.82) is 0 Å². The molecule has 1 atom stereocenters. The van der Waals surface area contributed by atoms with Crippen LogP contribution in [-0.4, -0.2) is 35.2 Å². The van der Waals surface area contributed by atoms with Crippen LogP contribution < -0.4 is 11.1 Å². The molecule has 0 aromatic heterocycles. The van der Waals surface area contributed by atoms with Crippen molar-refractivity contribution in [3.05, 3.63) is 35.1 Å². The minimum Gasteiger partial charge on any atom is -0.388 e. The molecule has 0 heterocycles. The van der Waals surface area contributed by atoms with Crippen molar-refractivity contribution >= 4 is 17.7 Å². The Morgan fingerprint density at radius 1 is 1.58 bits per heavy atom. The Morgan fingerprint density at radius 3 is 2.84 bits per heavy atom. The molecule has 19 heavy (non-hydrogen) atoms. The number of nitrogens with two attached hydrogens (primary N) is 1. The van der Waals surface area contributed by atoms with Crippen molar-refractivity contribution in [2.75, 3.05) is 18.6 Å². The molecule has 1 amide bonds. The number of hydrogen-bond donors (Lipinski definition) is 3. The van der Waals surface area contributed by atoms with Gasteiger partial charge in [0.1, 0.15) is 5.82 Å². The van der Waals surface area contributed by atoms with Crippen LogP contribution >= 0.6 is 11.8 Å². The van der Waals surface area contributed by atoms with Crippen molar-refractivity contribution < 1.29 is 14.3 Å². The minimum absolute atomic E-state index is 0.234. The van der Waals surface area contributed by atoms with E-state index in [2.05, 4.69) is 5.32 Å². The third-order valence-electron chi connectivity index (χ3n) is 2.61. The van der Waals surface area contributed by atoms with Crippen molar-refractivity contribution in [2.24, 2.45) is 5.73 Å². The molecular formula is C13H19FN2O2S. The molecule has 106 valence electrons. The van der Waals surface area contributed by atoms with Crippen LogP contribution in [-0.2, 0) is 6.54 Å². The molecule has 4 N–H and O–H groups in total. The van der Waals surface area contributed by atoms with Gasteiger partial charge in [-0.2, -0.15) is 11.8 Å². The van der Waals surface area contributed by atoms with Crippen LogP contribution in [0, 0.1) is 5.82 Å². The Balaban J connectivity index is 2.62. The SMILES string of the molecule is CSCC(C)(O)CNCc1cc(C(N)=O)ccc1F. The molecule has 6 heteroatoms. The highest BCUT2D eigenvalue weighted by Crippen LogP contribution is 2.12. The Hall–Kier alpha value is -1.11. The van der Waals surface area contributed by atoms with Gasteiger partial charge in [0.25, 0.3) is 0 Å². The van der Waals surface area contributed by atoms with E-state index < -0.39 is 17.3 Å². The molecule has 4 nitrogen and oxygen atoms in total. The Bertz CT molecular complexity index is 452. The largest absolute Gasteiger partial charge is 0.388 e. The number of carbonyl (C=O) groups is 1. The van der Waals surface area contributed by atoms with Crippen molar-refractivity contribution in [3.8, 4) is 0 Å². The van der Waals surface area contributed by atoms with Crippen LogP contribution in [0.2, 0.25) is 0 Å². The van der Waals surface area contributed by atoms with Gasteiger partial charge in [0.2, 0.25) is 5.91 Å². The van der Waals surface area contributed by atoms with E-state index in [4.69, 9.17) is 5.73 Å². The fourth-order valence-corrected chi connectivity index (χ4v) is 2.42. The number of carbonyl (C=O) groups excluding carboxylic acids is 1. The van der Waals surface area contributed by atoms with Gasteiger partial charge in [0.05, 0.1) is 5.60 Å². The van der Waals surface area contributed by atoms with E-state index in [1.165, 1.54) is 30.0 Å². The Morgan fingerprint density at radius 2 is 2.26 bits per heavy atom. The second-order valence-electron chi connectivity index (χ2n) is 4.70. The van der Waals surface area contributed by atoms with E-state index in [-0.39, 0.29) is 12.1 Å². The highest BCUT2D eigenvalue weighted by Gasteiger charge is 2.19. The molecule has 1 aromatic carbocycles. The molecule has 0 aliphatic rings. The average molecular weight is 286 g/mol. The topological polar surface area (TPSA) is 75.3 Å². The van der Waals surface area contributed by atoms with E-state index in [9.17, 15) is 14.3 Å². The zero-order chi connectivity index (χ0) is 14.5. The number of hydrogen-bond acceptors (Lipinski definition) is 4. The summed E-state index contributed by atoms with van der Waals surface area (Å²) in [5.41, 5.74) is 4.93. The van der Waals surface area contributed by atoms with Gasteiger partial charge in [-0.25, -0.2) is 4.39 Å². The lowest BCUT2D eigenvalue weighted by atomic mass is 10.1. The lowest BCUT2D eigenvalue weighted by Gasteiger charge is -2.22. The minimum atomic E-state index is -0.850. The number of halogens is 1. The number of benzene rings is 1. The summed E-state index contributed by atoms with van der Waals surface area (Å²) in [6, 6.07) is 4.00. The highest BCUT2D eigenvalue weighted by atomic mass is 32.2. The van der Waals surface area contributed by atoms with Gasteiger partial charge in [-0.15, -0.1) is 0 Å². The predicted molar refractivity (Wildman–Crippen MR) is 75.6 cm³/mol. The van der Waals surface area contributed by atoms with Gasteiger partial charge in [-0.3, -0.25) is 4.79 Å². The summed E-state index contributed by atoms with van der Waals surface area (Å²) in [6.07, 6.45) is 1.91. The zero-order valence-corrected chi connectivity index (χ0v) is 11.9. The normalized spacial score (nSPS) is 14.1. The number of amides is 1. The maximum atomic E-state index is 13.5. The summed E-state index contributed by atoms with van der Waals surface area (Å²) in [4.78, 5) is 11.0. The first-order valence-corrected chi connectivity index (χ1v) is 7.25. The quantitative estimate of drug-likeness (QED) is 0.702. The average Bonchev–Trinajstić information content (AvgIpc) is 2.30. The zero-order valence-electron chi connectivity index (χ0n) is 11.1. The van der Waals surface area contributed by atoms with E-state index in [0.717, 1.165) is 0 Å².